The minimum atomic E-state index is -0.429. The predicted molar refractivity (Wildman–Crippen MR) is 61.8 cm³/mol. The second-order valence-electron chi connectivity index (χ2n) is 3.17. The van der Waals surface area contributed by atoms with Gasteiger partial charge in [-0.2, -0.15) is 0 Å². The molecule has 0 bridgehead atoms. The van der Waals surface area contributed by atoms with Crippen LogP contribution in [0.1, 0.15) is 16.5 Å². The SMILES string of the molecule is N[C@H](c1ccc(Cl)c(F)c1)c1cccs1. The van der Waals surface area contributed by atoms with Gasteiger partial charge in [-0.25, -0.2) is 4.39 Å². The van der Waals surface area contributed by atoms with Gasteiger partial charge in [0, 0.05) is 4.88 Å². The molecule has 0 amide bonds. The zero-order valence-electron chi connectivity index (χ0n) is 7.78. The molecule has 1 nitrogen and oxygen atoms in total. The molecule has 15 heavy (non-hydrogen) atoms. The number of hydrogen-bond acceptors (Lipinski definition) is 2. The fourth-order valence-corrected chi connectivity index (χ4v) is 2.21. The van der Waals surface area contributed by atoms with E-state index < -0.39 is 5.82 Å². The van der Waals surface area contributed by atoms with E-state index >= 15 is 0 Å². The highest BCUT2D eigenvalue weighted by Gasteiger charge is 2.11. The zero-order valence-corrected chi connectivity index (χ0v) is 9.36. The van der Waals surface area contributed by atoms with Crippen molar-refractivity contribution in [1.29, 1.82) is 0 Å². The lowest BCUT2D eigenvalue weighted by atomic mass is 10.1. The normalized spacial score (nSPS) is 12.7. The molecule has 2 rings (SSSR count). The Bertz CT molecular complexity index is 456. The maximum atomic E-state index is 13.2. The third-order valence-corrected chi connectivity index (χ3v) is 3.41. The summed E-state index contributed by atoms with van der Waals surface area (Å²) in [4.78, 5) is 1.01. The van der Waals surface area contributed by atoms with E-state index in [4.69, 9.17) is 17.3 Å². The van der Waals surface area contributed by atoms with Crippen molar-refractivity contribution < 1.29 is 4.39 Å². The Morgan fingerprint density at radius 1 is 1.33 bits per heavy atom. The molecule has 0 aliphatic rings. The average molecular weight is 242 g/mol. The Kier molecular flexibility index (Phi) is 3.05. The van der Waals surface area contributed by atoms with Crippen LogP contribution in [0.2, 0.25) is 5.02 Å². The van der Waals surface area contributed by atoms with E-state index in [-0.39, 0.29) is 11.1 Å². The molecule has 1 atom stereocenters. The first kappa shape index (κ1) is 10.6. The number of benzene rings is 1. The van der Waals surface area contributed by atoms with Crippen LogP contribution in [0.5, 0.6) is 0 Å². The number of halogens is 2. The zero-order chi connectivity index (χ0) is 10.8. The summed E-state index contributed by atoms with van der Waals surface area (Å²) in [7, 11) is 0. The van der Waals surface area contributed by atoms with Crippen molar-refractivity contribution in [1.82, 2.24) is 0 Å². The molecule has 0 saturated carbocycles. The Morgan fingerprint density at radius 2 is 2.13 bits per heavy atom. The Morgan fingerprint density at radius 3 is 2.73 bits per heavy atom. The lowest BCUT2D eigenvalue weighted by molar-refractivity contribution is 0.624. The van der Waals surface area contributed by atoms with Crippen molar-refractivity contribution in [3.63, 3.8) is 0 Å². The second kappa shape index (κ2) is 4.31. The summed E-state index contributed by atoms with van der Waals surface area (Å²) in [6.45, 7) is 0. The number of nitrogens with two attached hydrogens (primary N) is 1. The monoisotopic (exact) mass is 241 g/mol. The number of thiophene rings is 1. The quantitative estimate of drug-likeness (QED) is 0.855. The second-order valence-corrected chi connectivity index (χ2v) is 4.55. The molecular weight excluding hydrogens is 233 g/mol. The molecule has 2 N–H and O–H groups in total. The van der Waals surface area contributed by atoms with Gasteiger partial charge in [-0.3, -0.25) is 0 Å². The molecule has 4 heteroatoms. The summed E-state index contributed by atoms with van der Waals surface area (Å²) in [5.41, 5.74) is 6.72. The Hall–Kier alpha value is -0.900. The van der Waals surface area contributed by atoms with Crippen LogP contribution in [0.25, 0.3) is 0 Å². The third kappa shape index (κ3) is 2.20. The Labute approximate surface area is 96.3 Å². The van der Waals surface area contributed by atoms with Crippen molar-refractivity contribution in [2.45, 2.75) is 6.04 Å². The van der Waals surface area contributed by atoms with Crippen molar-refractivity contribution in [3.8, 4) is 0 Å². The van der Waals surface area contributed by atoms with Crippen molar-refractivity contribution >= 4 is 22.9 Å². The smallest absolute Gasteiger partial charge is 0.142 e. The summed E-state index contributed by atoms with van der Waals surface area (Å²) in [6, 6.07) is 8.23. The van der Waals surface area contributed by atoms with Crippen molar-refractivity contribution in [2.24, 2.45) is 5.73 Å². The van der Waals surface area contributed by atoms with Crippen LogP contribution in [-0.4, -0.2) is 0 Å². The van der Waals surface area contributed by atoms with Crippen LogP contribution in [0, 0.1) is 5.82 Å². The molecule has 2 aromatic rings. The topological polar surface area (TPSA) is 26.0 Å². The highest BCUT2D eigenvalue weighted by Crippen LogP contribution is 2.26. The molecule has 0 saturated heterocycles. The fourth-order valence-electron chi connectivity index (χ4n) is 1.34. The Balaban J connectivity index is 2.34. The lowest BCUT2D eigenvalue weighted by Gasteiger charge is -2.10. The highest BCUT2D eigenvalue weighted by molar-refractivity contribution is 7.10. The van der Waals surface area contributed by atoms with Crippen LogP contribution in [-0.2, 0) is 0 Å². The van der Waals surface area contributed by atoms with Crippen molar-refractivity contribution in [2.75, 3.05) is 0 Å². The minimum Gasteiger partial charge on any atom is -0.320 e. The first-order chi connectivity index (χ1) is 7.18. The van der Waals surface area contributed by atoms with E-state index in [1.54, 1.807) is 17.4 Å². The van der Waals surface area contributed by atoms with Crippen LogP contribution in [0.4, 0.5) is 4.39 Å². The fraction of sp³-hybridized carbons (Fsp3) is 0.0909. The van der Waals surface area contributed by atoms with E-state index in [2.05, 4.69) is 0 Å². The molecule has 0 unspecified atom stereocenters. The molecular formula is C11H9ClFNS. The first-order valence-corrected chi connectivity index (χ1v) is 5.68. The molecule has 1 aromatic carbocycles. The summed E-state index contributed by atoms with van der Waals surface area (Å²) in [5.74, 6) is -0.429. The highest BCUT2D eigenvalue weighted by atomic mass is 35.5. The maximum absolute atomic E-state index is 13.2. The molecule has 1 aromatic heterocycles. The molecule has 0 fully saturated rings. The minimum absolute atomic E-state index is 0.122. The van der Waals surface area contributed by atoms with Gasteiger partial charge >= 0.3 is 0 Å². The van der Waals surface area contributed by atoms with Gasteiger partial charge in [0.2, 0.25) is 0 Å². The van der Waals surface area contributed by atoms with Gasteiger partial charge in [-0.05, 0) is 29.1 Å². The van der Waals surface area contributed by atoms with Gasteiger partial charge in [0.1, 0.15) is 5.82 Å². The number of rotatable bonds is 2. The van der Waals surface area contributed by atoms with Crippen LogP contribution in [0.3, 0.4) is 0 Å². The van der Waals surface area contributed by atoms with E-state index in [0.29, 0.717) is 0 Å². The molecule has 1 heterocycles. The molecule has 0 radical (unpaired) electrons. The largest absolute Gasteiger partial charge is 0.320 e. The summed E-state index contributed by atoms with van der Waals surface area (Å²) >= 11 is 7.15. The van der Waals surface area contributed by atoms with Crippen LogP contribution >= 0.6 is 22.9 Å². The molecule has 0 spiro atoms. The van der Waals surface area contributed by atoms with Crippen LogP contribution in [0.15, 0.2) is 35.7 Å². The van der Waals surface area contributed by atoms with Gasteiger partial charge in [-0.15, -0.1) is 11.3 Å². The van der Waals surface area contributed by atoms with Gasteiger partial charge in [0.15, 0.2) is 0 Å². The molecule has 0 aliphatic heterocycles. The van der Waals surface area contributed by atoms with Crippen molar-refractivity contribution in [3.05, 3.63) is 57.0 Å². The molecule has 78 valence electrons. The first-order valence-electron chi connectivity index (χ1n) is 4.42. The van der Waals surface area contributed by atoms with E-state index in [9.17, 15) is 4.39 Å². The van der Waals surface area contributed by atoms with Gasteiger partial charge in [0.25, 0.3) is 0 Å². The standard InChI is InChI=1S/C11H9ClFNS/c12-8-4-3-7(6-9(8)13)11(14)10-2-1-5-15-10/h1-6,11H,14H2/t11-/m1/s1. The predicted octanol–water partition coefficient (Wildman–Crippen LogP) is 3.59. The third-order valence-electron chi connectivity index (χ3n) is 2.15. The van der Waals surface area contributed by atoms with Crippen LogP contribution < -0.4 is 5.73 Å². The summed E-state index contributed by atoms with van der Waals surface area (Å²) in [6.07, 6.45) is 0. The number of hydrogen-bond donors (Lipinski definition) is 1. The van der Waals surface area contributed by atoms with E-state index in [0.717, 1.165) is 10.4 Å². The maximum Gasteiger partial charge on any atom is 0.142 e. The molecule has 0 aliphatic carbocycles. The van der Waals surface area contributed by atoms with Gasteiger partial charge in [0.05, 0.1) is 11.1 Å². The summed E-state index contributed by atoms with van der Waals surface area (Å²) in [5, 5.41) is 2.07. The van der Waals surface area contributed by atoms with Gasteiger partial charge in [-0.1, -0.05) is 23.7 Å². The van der Waals surface area contributed by atoms with E-state index in [1.807, 2.05) is 17.5 Å². The average Bonchev–Trinajstić information content (AvgIpc) is 2.74. The lowest BCUT2D eigenvalue weighted by Crippen LogP contribution is -2.10. The summed E-state index contributed by atoms with van der Waals surface area (Å²) < 4.78 is 13.2. The van der Waals surface area contributed by atoms with E-state index in [1.165, 1.54) is 12.1 Å². The van der Waals surface area contributed by atoms with Gasteiger partial charge < -0.3 is 5.73 Å².